The predicted octanol–water partition coefficient (Wildman–Crippen LogP) is -0.672. The molecule has 1 aliphatic rings. The highest BCUT2D eigenvalue weighted by molar-refractivity contribution is 7.89. The van der Waals surface area contributed by atoms with Gasteiger partial charge in [0.2, 0.25) is 0 Å². The van der Waals surface area contributed by atoms with Gasteiger partial charge in [0.15, 0.2) is 10.8 Å². The molecular formula is C10H16N4O4S. The summed E-state index contributed by atoms with van der Waals surface area (Å²) < 4.78 is 32.2. The molecule has 1 fully saturated rings. The van der Waals surface area contributed by atoms with E-state index in [4.69, 9.17) is 5.73 Å². The van der Waals surface area contributed by atoms with E-state index in [9.17, 15) is 13.2 Å². The molecule has 1 atom stereocenters. The van der Waals surface area contributed by atoms with Crippen LogP contribution in [0.15, 0.2) is 11.4 Å². The molecule has 8 nitrogen and oxygen atoms in total. The van der Waals surface area contributed by atoms with E-state index >= 15 is 0 Å². The van der Waals surface area contributed by atoms with Crippen LogP contribution in [0, 0.1) is 0 Å². The molecule has 1 saturated heterocycles. The summed E-state index contributed by atoms with van der Waals surface area (Å²) >= 11 is 0. The lowest BCUT2D eigenvalue weighted by atomic mass is 10.2. The first kappa shape index (κ1) is 13.8. The van der Waals surface area contributed by atoms with Crippen molar-refractivity contribution in [3.05, 3.63) is 6.33 Å². The van der Waals surface area contributed by atoms with Crippen molar-refractivity contribution in [3.63, 3.8) is 0 Å². The van der Waals surface area contributed by atoms with E-state index in [1.54, 1.807) is 7.05 Å². The summed E-state index contributed by atoms with van der Waals surface area (Å²) in [6, 6.07) is -0.788. The molecule has 0 radical (unpaired) electrons. The Balaban J connectivity index is 2.43. The molecule has 1 unspecified atom stereocenters. The van der Waals surface area contributed by atoms with Crippen LogP contribution < -0.4 is 5.73 Å². The van der Waals surface area contributed by atoms with Crippen molar-refractivity contribution in [2.24, 2.45) is 7.05 Å². The number of esters is 1. The van der Waals surface area contributed by atoms with Crippen LogP contribution in [0.5, 0.6) is 0 Å². The molecule has 9 heteroatoms. The summed E-state index contributed by atoms with van der Waals surface area (Å²) in [4.78, 5) is 15.4. The summed E-state index contributed by atoms with van der Waals surface area (Å²) in [5.74, 6) is -0.625. The van der Waals surface area contributed by atoms with Gasteiger partial charge in [0.05, 0.1) is 13.4 Å². The number of imidazole rings is 1. The first-order chi connectivity index (χ1) is 8.89. The van der Waals surface area contributed by atoms with Gasteiger partial charge in [-0.05, 0) is 12.8 Å². The Morgan fingerprint density at radius 1 is 1.58 bits per heavy atom. The lowest BCUT2D eigenvalue weighted by Crippen LogP contribution is -2.41. The van der Waals surface area contributed by atoms with E-state index in [0.717, 1.165) is 4.31 Å². The Labute approximate surface area is 111 Å². The topological polar surface area (TPSA) is 108 Å². The maximum atomic E-state index is 12.5. The lowest BCUT2D eigenvalue weighted by molar-refractivity contribution is -0.144. The van der Waals surface area contributed by atoms with Gasteiger partial charge in [0.25, 0.3) is 10.0 Å². The summed E-state index contributed by atoms with van der Waals surface area (Å²) in [5.41, 5.74) is 5.60. The number of hydrogen-bond acceptors (Lipinski definition) is 6. The molecule has 0 bridgehead atoms. The molecule has 0 saturated carbocycles. The van der Waals surface area contributed by atoms with Crippen LogP contribution in [0.2, 0.25) is 0 Å². The van der Waals surface area contributed by atoms with Crippen molar-refractivity contribution in [3.8, 4) is 0 Å². The van der Waals surface area contributed by atoms with Gasteiger partial charge in [-0.2, -0.15) is 4.31 Å². The largest absolute Gasteiger partial charge is 0.468 e. The molecule has 1 aromatic heterocycles. The second-order valence-electron chi connectivity index (χ2n) is 4.34. The number of nitrogen functional groups attached to an aromatic ring is 1. The Kier molecular flexibility index (Phi) is 3.50. The van der Waals surface area contributed by atoms with Gasteiger partial charge in [0.1, 0.15) is 6.04 Å². The van der Waals surface area contributed by atoms with Crippen molar-refractivity contribution >= 4 is 21.8 Å². The molecule has 0 spiro atoms. The van der Waals surface area contributed by atoms with Crippen molar-refractivity contribution in [1.29, 1.82) is 0 Å². The number of rotatable bonds is 3. The zero-order chi connectivity index (χ0) is 14.2. The third-order valence-corrected chi connectivity index (χ3v) is 5.18. The van der Waals surface area contributed by atoms with Gasteiger partial charge in [-0.25, -0.2) is 13.4 Å². The molecule has 2 heterocycles. The Morgan fingerprint density at radius 3 is 2.79 bits per heavy atom. The summed E-state index contributed by atoms with van der Waals surface area (Å²) in [6.07, 6.45) is 2.38. The molecule has 1 aliphatic heterocycles. The number of anilines is 1. The smallest absolute Gasteiger partial charge is 0.324 e. The number of carbonyl (C=O) groups is 1. The standard InChI is InChI=1S/C10H16N4O4S/c1-13-6-12-8(11)9(13)19(16,17)14-5-3-4-7(14)10(15)18-2/h6-7H,3-5,11H2,1-2H3. The van der Waals surface area contributed by atoms with E-state index in [1.165, 1.54) is 18.0 Å². The number of ether oxygens (including phenoxy) is 1. The van der Waals surface area contributed by atoms with Gasteiger partial charge < -0.3 is 15.0 Å². The van der Waals surface area contributed by atoms with Gasteiger partial charge in [-0.1, -0.05) is 0 Å². The first-order valence-electron chi connectivity index (χ1n) is 5.76. The fourth-order valence-electron chi connectivity index (χ4n) is 2.26. The number of hydrogen-bond donors (Lipinski definition) is 1. The quantitative estimate of drug-likeness (QED) is 0.739. The van der Waals surface area contributed by atoms with Gasteiger partial charge in [0, 0.05) is 13.6 Å². The predicted molar refractivity (Wildman–Crippen MR) is 66.6 cm³/mol. The fraction of sp³-hybridized carbons (Fsp3) is 0.600. The van der Waals surface area contributed by atoms with E-state index in [0.29, 0.717) is 12.8 Å². The number of sulfonamides is 1. The fourth-order valence-corrected chi connectivity index (χ4v) is 4.11. The van der Waals surface area contributed by atoms with Crippen LogP contribution >= 0.6 is 0 Å². The van der Waals surface area contributed by atoms with Crippen molar-refractivity contribution in [2.45, 2.75) is 23.9 Å². The van der Waals surface area contributed by atoms with E-state index in [1.807, 2.05) is 0 Å². The number of carbonyl (C=O) groups excluding carboxylic acids is 1. The molecule has 1 aromatic rings. The minimum Gasteiger partial charge on any atom is -0.468 e. The van der Waals surface area contributed by atoms with Crippen LogP contribution in [0.1, 0.15) is 12.8 Å². The monoisotopic (exact) mass is 288 g/mol. The molecule has 2 rings (SSSR count). The molecule has 19 heavy (non-hydrogen) atoms. The van der Waals surface area contributed by atoms with Crippen LogP contribution in [-0.2, 0) is 26.6 Å². The molecule has 0 aliphatic carbocycles. The minimum atomic E-state index is -3.85. The van der Waals surface area contributed by atoms with Crippen molar-refractivity contribution in [1.82, 2.24) is 13.9 Å². The van der Waals surface area contributed by atoms with E-state index in [2.05, 4.69) is 9.72 Å². The highest BCUT2D eigenvalue weighted by Gasteiger charge is 2.42. The zero-order valence-corrected chi connectivity index (χ0v) is 11.6. The van der Waals surface area contributed by atoms with Gasteiger partial charge in [-0.3, -0.25) is 4.79 Å². The lowest BCUT2D eigenvalue weighted by Gasteiger charge is -2.22. The average molecular weight is 288 g/mol. The molecule has 0 aromatic carbocycles. The third-order valence-electron chi connectivity index (χ3n) is 3.14. The Morgan fingerprint density at radius 2 is 2.26 bits per heavy atom. The Bertz CT molecular complexity index is 575. The number of nitrogens with two attached hydrogens (primary N) is 1. The highest BCUT2D eigenvalue weighted by atomic mass is 32.2. The average Bonchev–Trinajstić information content (AvgIpc) is 2.95. The number of methoxy groups -OCH3 is 1. The van der Waals surface area contributed by atoms with E-state index < -0.39 is 22.0 Å². The van der Waals surface area contributed by atoms with Crippen LogP contribution in [-0.4, -0.2) is 47.9 Å². The summed E-state index contributed by atoms with van der Waals surface area (Å²) in [5, 5.41) is -0.0942. The van der Waals surface area contributed by atoms with Gasteiger partial charge >= 0.3 is 5.97 Å². The second kappa shape index (κ2) is 4.82. The van der Waals surface area contributed by atoms with Crippen LogP contribution in [0.3, 0.4) is 0 Å². The SMILES string of the molecule is COC(=O)C1CCCN1S(=O)(=O)c1c(N)ncn1C. The van der Waals surface area contributed by atoms with Crippen LogP contribution in [0.25, 0.3) is 0 Å². The van der Waals surface area contributed by atoms with Crippen LogP contribution in [0.4, 0.5) is 5.82 Å². The van der Waals surface area contributed by atoms with Crippen molar-refractivity contribution < 1.29 is 17.9 Å². The molecule has 0 amide bonds. The number of aryl methyl sites for hydroxylation is 1. The maximum absolute atomic E-state index is 12.5. The summed E-state index contributed by atoms with van der Waals surface area (Å²) in [6.45, 7) is 0.271. The number of nitrogens with zero attached hydrogens (tertiary/aromatic N) is 3. The minimum absolute atomic E-state index is 0.0713. The summed E-state index contributed by atoms with van der Waals surface area (Å²) in [7, 11) is -1.07. The first-order valence-corrected chi connectivity index (χ1v) is 7.20. The van der Waals surface area contributed by atoms with Gasteiger partial charge in [-0.15, -0.1) is 0 Å². The second-order valence-corrected chi connectivity index (χ2v) is 6.15. The molecule has 2 N–H and O–H groups in total. The zero-order valence-electron chi connectivity index (χ0n) is 10.7. The van der Waals surface area contributed by atoms with E-state index in [-0.39, 0.29) is 17.4 Å². The normalized spacial score (nSPS) is 20.6. The molecule has 106 valence electrons. The number of aromatic nitrogens is 2. The molecular weight excluding hydrogens is 272 g/mol. The Hall–Kier alpha value is -1.61. The van der Waals surface area contributed by atoms with Crippen molar-refractivity contribution in [2.75, 3.05) is 19.4 Å². The third kappa shape index (κ3) is 2.19. The maximum Gasteiger partial charge on any atom is 0.324 e. The highest BCUT2D eigenvalue weighted by Crippen LogP contribution is 2.28.